The van der Waals surface area contributed by atoms with Gasteiger partial charge < -0.3 is 9.47 Å². The molecule has 0 unspecified atom stereocenters. The van der Waals surface area contributed by atoms with Crippen LogP contribution in [0.25, 0.3) is 12.2 Å². The van der Waals surface area contributed by atoms with Crippen molar-refractivity contribution < 1.29 is 9.47 Å². The van der Waals surface area contributed by atoms with Gasteiger partial charge in [0.05, 0.1) is 14.2 Å². The lowest BCUT2D eigenvalue weighted by Crippen LogP contribution is -1.85. The molecule has 0 heterocycles. The Morgan fingerprint density at radius 3 is 2.44 bits per heavy atom. The summed E-state index contributed by atoms with van der Waals surface area (Å²) in [6.07, 6.45) is 4.08. The Hall–Kier alpha value is -2.22. The number of hydrogen-bond acceptors (Lipinski definition) is 2. The Balaban J connectivity index is 2.24. The maximum atomic E-state index is 5.30. The van der Waals surface area contributed by atoms with Gasteiger partial charge in [-0.2, -0.15) is 0 Å². The van der Waals surface area contributed by atoms with E-state index in [0.29, 0.717) is 0 Å². The third-order valence-corrected chi connectivity index (χ3v) is 2.69. The Bertz CT molecular complexity index is 544. The predicted octanol–water partition coefficient (Wildman–Crippen LogP) is 3.87. The number of benzene rings is 2. The largest absolute Gasteiger partial charge is 0.497 e. The average molecular weight is 240 g/mol. The van der Waals surface area contributed by atoms with E-state index in [2.05, 4.69) is 0 Å². The molecule has 92 valence electrons. The van der Waals surface area contributed by atoms with Crippen LogP contribution in [-0.4, -0.2) is 14.2 Å². The smallest absolute Gasteiger partial charge is 0.126 e. The molecule has 0 saturated heterocycles. The van der Waals surface area contributed by atoms with Gasteiger partial charge in [0.15, 0.2) is 0 Å². The summed E-state index contributed by atoms with van der Waals surface area (Å²) in [7, 11) is 3.35. The molecule has 2 aromatic rings. The summed E-state index contributed by atoms with van der Waals surface area (Å²) < 4.78 is 10.5. The third kappa shape index (κ3) is 2.92. The Morgan fingerprint density at radius 1 is 0.833 bits per heavy atom. The first-order valence-electron chi connectivity index (χ1n) is 5.78. The molecule has 0 N–H and O–H groups in total. The molecule has 0 bridgehead atoms. The monoisotopic (exact) mass is 240 g/mol. The maximum absolute atomic E-state index is 5.30. The quantitative estimate of drug-likeness (QED) is 0.755. The van der Waals surface area contributed by atoms with Crippen molar-refractivity contribution in [2.45, 2.75) is 0 Å². The summed E-state index contributed by atoms with van der Waals surface area (Å²) in [5.41, 5.74) is 2.16. The standard InChI is InChI=1S/C16H16O2/c1-17-15-8-5-6-13(12-15)10-11-14-7-3-4-9-16(14)18-2/h3-12H,1-2H3/b11-10+. The molecule has 0 aliphatic carbocycles. The maximum Gasteiger partial charge on any atom is 0.126 e. The van der Waals surface area contributed by atoms with Crippen molar-refractivity contribution in [1.82, 2.24) is 0 Å². The first-order valence-corrected chi connectivity index (χ1v) is 5.78. The summed E-state index contributed by atoms with van der Waals surface area (Å²) in [5.74, 6) is 1.73. The van der Waals surface area contributed by atoms with Crippen LogP contribution in [0.15, 0.2) is 48.5 Å². The SMILES string of the molecule is COc1cccc(/C=C/c2ccccc2OC)c1. The van der Waals surface area contributed by atoms with Crippen molar-refractivity contribution in [2.75, 3.05) is 14.2 Å². The minimum Gasteiger partial charge on any atom is -0.497 e. The van der Waals surface area contributed by atoms with Gasteiger partial charge >= 0.3 is 0 Å². The van der Waals surface area contributed by atoms with Gasteiger partial charge in [0.1, 0.15) is 11.5 Å². The zero-order valence-electron chi connectivity index (χ0n) is 10.6. The van der Waals surface area contributed by atoms with E-state index >= 15 is 0 Å². The molecule has 0 spiro atoms. The van der Waals surface area contributed by atoms with Gasteiger partial charge in [-0.3, -0.25) is 0 Å². The van der Waals surface area contributed by atoms with Gasteiger partial charge in [-0.25, -0.2) is 0 Å². The van der Waals surface area contributed by atoms with Crippen LogP contribution in [-0.2, 0) is 0 Å². The molecule has 0 aromatic heterocycles. The fourth-order valence-electron chi connectivity index (χ4n) is 1.74. The lowest BCUT2D eigenvalue weighted by molar-refractivity contribution is 0.414. The predicted molar refractivity (Wildman–Crippen MR) is 74.9 cm³/mol. The summed E-state index contributed by atoms with van der Waals surface area (Å²) >= 11 is 0. The van der Waals surface area contributed by atoms with Crippen LogP contribution in [0.1, 0.15) is 11.1 Å². The minimum absolute atomic E-state index is 0.858. The van der Waals surface area contributed by atoms with Gasteiger partial charge in [0, 0.05) is 5.56 Å². The van der Waals surface area contributed by atoms with Crippen LogP contribution in [0.3, 0.4) is 0 Å². The molecule has 2 rings (SSSR count). The average Bonchev–Trinajstić information content (AvgIpc) is 2.45. The fraction of sp³-hybridized carbons (Fsp3) is 0.125. The number of methoxy groups -OCH3 is 2. The number of ether oxygens (including phenoxy) is 2. The van der Waals surface area contributed by atoms with E-state index in [-0.39, 0.29) is 0 Å². The first kappa shape index (κ1) is 12.2. The molecule has 18 heavy (non-hydrogen) atoms. The van der Waals surface area contributed by atoms with Crippen LogP contribution >= 0.6 is 0 Å². The number of hydrogen-bond donors (Lipinski definition) is 0. The molecule has 0 amide bonds. The third-order valence-electron chi connectivity index (χ3n) is 2.69. The second kappa shape index (κ2) is 5.92. The highest BCUT2D eigenvalue weighted by atomic mass is 16.5. The van der Waals surface area contributed by atoms with E-state index in [9.17, 15) is 0 Å². The van der Waals surface area contributed by atoms with Crippen molar-refractivity contribution in [3.8, 4) is 11.5 Å². The molecule has 0 fully saturated rings. The van der Waals surface area contributed by atoms with E-state index in [0.717, 1.165) is 22.6 Å². The van der Waals surface area contributed by atoms with Crippen LogP contribution in [0.2, 0.25) is 0 Å². The lowest BCUT2D eigenvalue weighted by atomic mass is 10.1. The topological polar surface area (TPSA) is 18.5 Å². The van der Waals surface area contributed by atoms with Gasteiger partial charge in [-0.15, -0.1) is 0 Å². The molecule has 0 aliphatic rings. The molecule has 0 radical (unpaired) electrons. The first-order chi connectivity index (χ1) is 8.83. The molecule has 2 heteroatoms. The summed E-state index contributed by atoms with van der Waals surface area (Å²) in [4.78, 5) is 0. The van der Waals surface area contributed by atoms with Crippen LogP contribution in [0, 0.1) is 0 Å². The number of rotatable bonds is 4. The minimum atomic E-state index is 0.858. The second-order valence-electron chi connectivity index (χ2n) is 3.85. The van der Waals surface area contributed by atoms with Gasteiger partial charge in [-0.1, -0.05) is 42.5 Å². The van der Waals surface area contributed by atoms with Crippen molar-refractivity contribution >= 4 is 12.2 Å². The zero-order chi connectivity index (χ0) is 12.8. The second-order valence-corrected chi connectivity index (χ2v) is 3.85. The summed E-state index contributed by atoms with van der Waals surface area (Å²) in [5, 5.41) is 0. The number of para-hydroxylation sites is 1. The van der Waals surface area contributed by atoms with E-state index in [1.165, 1.54) is 0 Å². The zero-order valence-corrected chi connectivity index (χ0v) is 10.6. The molecule has 0 aliphatic heterocycles. The van der Waals surface area contributed by atoms with E-state index < -0.39 is 0 Å². The molecular formula is C16H16O2. The van der Waals surface area contributed by atoms with Gasteiger partial charge in [-0.05, 0) is 23.8 Å². The van der Waals surface area contributed by atoms with Crippen molar-refractivity contribution in [2.24, 2.45) is 0 Å². The Morgan fingerprint density at radius 2 is 1.67 bits per heavy atom. The van der Waals surface area contributed by atoms with Crippen LogP contribution in [0.4, 0.5) is 0 Å². The molecule has 0 atom stereocenters. The Kier molecular flexibility index (Phi) is 4.02. The fourth-order valence-corrected chi connectivity index (χ4v) is 1.74. The molecular weight excluding hydrogens is 224 g/mol. The normalized spacial score (nSPS) is 10.6. The molecule has 0 saturated carbocycles. The molecule has 2 nitrogen and oxygen atoms in total. The highest BCUT2D eigenvalue weighted by molar-refractivity contribution is 5.72. The lowest BCUT2D eigenvalue weighted by Gasteiger charge is -2.04. The van der Waals surface area contributed by atoms with Gasteiger partial charge in [0.2, 0.25) is 0 Å². The molecule has 2 aromatic carbocycles. The van der Waals surface area contributed by atoms with E-state index in [1.54, 1.807) is 14.2 Å². The summed E-state index contributed by atoms with van der Waals surface area (Å²) in [6.45, 7) is 0. The van der Waals surface area contributed by atoms with Gasteiger partial charge in [0.25, 0.3) is 0 Å². The highest BCUT2D eigenvalue weighted by Crippen LogP contribution is 2.21. The van der Waals surface area contributed by atoms with Crippen LogP contribution < -0.4 is 9.47 Å². The highest BCUT2D eigenvalue weighted by Gasteiger charge is 1.97. The Labute approximate surface area is 107 Å². The van der Waals surface area contributed by atoms with Crippen molar-refractivity contribution in [1.29, 1.82) is 0 Å². The van der Waals surface area contributed by atoms with Crippen molar-refractivity contribution in [3.05, 3.63) is 59.7 Å². The van der Waals surface area contributed by atoms with Crippen LogP contribution in [0.5, 0.6) is 11.5 Å². The summed E-state index contributed by atoms with van der Waals surface area (Å²) in [6, 6.07) is 15.9. The van der Waals surface area contributed by atoms with E-state index in [1.807, 2.05) is 60.7 Å². The van der Waals surface area contributed by atoms with E-state index in [4.69, 9.17) is 9.47 Å². The van der Waals surface area contributed by atoms with Crippen molar-refractivity contribution in [3.63, 3.8) is 0 Å².